The van der Waals surface area contributed by atoms with Gasteiger partial charge in [-0.2, -0.15) is 0 Å². The Labute approximate surface area is 186 Å². The first-order valence-electron chi connectivity index (χ1n) is 10.8. The molecule has 2 aromatic carbocycles. The Kier molecular flexibility index (Phi) is 6.43. The lowest BCUT2D eigenvalue weighted by Gasteiger charge is -2.50. The normalized spacial score (nSPS) is 26.0. The lowest BCUT2D eigenvalue weighted by Crippen LogP contribution is -2.65. The van der Waals surface area contributed by atoms with Crippen molar-refractivity contribution in [3.63, 3.8) is 0 Å². The molecule has 4 rings (SSSR count). The number of aliphatic hydroxyl groups is 1. The summed E-state index contributed by atoms with van der Waals surface area (Å²) in [5, 5.41) is 14.2. The summed E-state index contributed by atoms with van der Waals surface area (Å²) in [4.78, 5) is 29.9. The van der Waals surface area contributed by atoms with Crippen molar-refractivity contribution in [1.29, 1.82) is 0 Å². The summed E-state index contributed by atoms with van der Waals surface area (Å²) in [6.45, 7) is 4.00. The van der Waals surface area contributed by atoms with Crippen molar-refractivity contribution in [1.82, 2.24) is 15.1 Å². The number of benzene rings is 2. The van der Waals surface area contributed by atoms with E-state index in [-0.39, 0.29) is 11.6 Å². The van der Waals surface area contributed by atoms with Gasteiger partial charge in [-0.05, 0) is 43.2 Å². The highest BCUT2D eigenvalue weighted by atomic mass is 19.1. The standard InChI is InChI=1S/C24H28FN3O4/c1-24(31)11-12-28(23(30)27-13-15-32-16-14-27)20(17-5-3-2-4-6-17)21(24)26-22(29)18-7-9-19(25)10-8-18/h2-10,20-21,31H,11-16H2,1H3,(H,26,29)/t20-,21-,24+/m0/s1. The first-order valence-corrected chi connectivity index (χ1v) is 10.8. The number of carbonyl (C=O) groups is 2. The fraction of sp³-hybridized carbons (Fsp3) is 0.417. The number of nitrogens with zero attached hydrogens (tertiary/aromatic N) is 2. The van der Waals surface area contributed by atoms with E-state index in [4.69, 9.17) is 4.74 Å². The molecule has 2 saturated heterocycles. The number of morpholine rings is 1. The predicted octanol–water partition coefficient (Wildman–Crippen LogP) is 2.57. The van der Waals surface area contributed by atoms with Gasteiger partial charge in [-0.15, -0.1) is 0 Å². The van der Waals surface area contributed by atoms with E-state index >= 15 is 0 Å². The number of likely N-dealkylation sites (tertiary alicyclic amines) is 1. The molecule has 170 valence electrons. The van der Waals surface area contributed by atoms with E-state index in [0.717, 1.165) is 5.56 Å². The minimum Gasteiger partial charge on any atom is -0.388 e. The van der Waals surface area contributed by atoms with Crippen molar-refractivity contribution in [3.8, 4) is 0 Å². The molecule has 2 aliphatic heterocycles. The maximum atomic E-state index is 13.4. The lowest BCUT2D eigenvalue weighted by molar-refractivity contribution is -0.0574. The van der Waals surface area contributed by atoms with Crippen molar-refractivity contribution >= 4 is 11.9 Å². The van der Waals surface area contributed by atoms with Crippen molar-refractivity contribution < 1.29 is 23.8 Å². The third-order valence-corrected chi connectivity index (χ3v) is 6.24. The fourth-order valence-electron chi connectivity index (χ4n) is 4.40. The van der Waals surface area contributed by atoms with Crippen LogP contribution in [0.15, 0.2) is 54.6 Å². The molecule has 0 spiro atoms. The van der Waals surface area contributed by atoms with Crippen LogP contribution in [0.1, 0.15) is 35.3 Å². The van der Waals surface area contributed by atoms with Crippen LogP contribution in [0.25, 0.3) is 0 Å². The highest BCUT2D eigenvalue weighted by Gasteiger charge is 2.48. The fourth-order valence-corrected chi connectivity index (χ4v) is 4.40. The van der Waals surface area contributed by atoms with Crippen LogP contribution in [-0.2, 0) is 4.74 Å². The van der Waals surface area contributed by atoms with E-state index in [1.165, 1.54) is 24.3 Å². The number of ether oxygens (including phenoxy) is 1. The Bertz CT molecular complexity index is 945. The summed E-state index contributed by atoms with van der Waals surface area (Å²) >= 11 is 0. The largest absolute Gasteiger partial charge is 0.388 e. The van der Waals surface area contributed by atoms with Crippen LogP contribution >= 0.6 is 0 Å². The molecule has 7 nitrogen and oxygen atoms in total. The second-order valence-electron chi connectivity index (χ2n) is 8.50. The van der Waals surface area contributed by atoms with Crippen molar-refractivity contribution in [2.75, 3.05) is 32.8 Å². The van der Waals surface area contributed by atoms with Crippen LogP contribution < -0.4 is 5.32 Å². The van der Waals surface area contributed by atoms with Crippen molar-refractivity contribution in [2.45, 2.75) is 31.0 Å². The van der Waals surface area contributed by atoms with Gasteiger partial charge in [-0.1, -0.05) is 30.3 Å². The zero-order chi connectivity index (χ0) is 22.7. The average Bonchev–Trinajstić information content (AvgIpc) is 2.81. The molecule has 2 N–H and O–H groups in total. The van der Waals surface area contributed by atoms with Gasteiger partial charge in [0.15, 0.2) is 0 Å². The molecule has 0 unspecified atom stereocenters. The summed E-state index contributed by atoms with van der Waals surface area (Å²) in [6, 6.07) is 13.2. The summed E-state index contributed by atoms with van der Waals surface area (Å²) in [6.07, 6.45) is 0.306. The van der Waals surface area contributed by atoms with E-state index < -0.39 is 29.4 Å². The lowest BCUT2D eigenvalue weighted by atomic mass is 9.79. The SMILES string of the molecule is C[C@@]1(O)CCN(C(=O)N2CCOCC2)[C@@H](c2ccccc2)[C@@H]1NC(=O)c1ccc(F)cc1. The smallest absolute Gasteiger partial charge is 0.320 e. The number of amides is 3. The summed E-state index contributed by atoms with van der Waals surface area (Å²) < 4.78 is 18.7. The van der Waals surface area contributed by atoms with Gasteiger partial charge in [-0.3, -0.25) is 4.79 Å². The van der Waals surface area contributed by atoms with Crippen LogP contribution in [0.4, 0.5) is 9.18 Å². The van der Waals surface area contributed by atoms with Gasteiger partial charge < -0.3 is 25.0 Å². The van der Waals surface area contributed by atoms with Crippen LogP contribution in [-0.4, -0.2) is 71.3 Å². The Balaban J connectivity index is 1.67. The molecular formula is C24H28FN3O4. The number of carbonyl (C=O) groups excluding carboxylic acids is 2. The Morgan fingerprint density at radius 3 is 2.38 bits per heavy atom. The minimum absolute atomic E-state index is 0.140. The van der Waals surface area contributed by atoms with Gasteiger partial charge in [-0.25, -0.2) is 9.18 Å². The van der Waals surface area contributed by atoms with E-state index in [0.29, 0.717) is 39.3 Å². The molecule has 0 bridgehead atoms. The van der Waals surface area contributed by atoms with Gasteiger partial charge in [0.25, 0.3) is 5.91 Å². The van der Waals surface area contributed by atoms with Crippen LogP contribution in [0, 0.1) is 5.82 Å². The molecule has 3 atom stereocenters. The number of urea groups is 1. The first-order chi connectivity index (χ1) is 15.4. The average molecular weight is 442 g/mol. The second-order valence-corrected chi connectivity index (χ2v) is 8.50. The summed E-state index contributed by atoms with van der Waals surface area (Å²) in [5.41, 5.74) is -0.151. The monoisotopic (exact) mass is 441 g/mol. The first kappa shape index (κ1) is 22.2. The highest BCUT2D eigenvalue weighted by Crippen LogP contribution is 2.38. The Morgan fingerprint density at radius 1 is 1.06 bits per heavy atom. The minimum atomic E-state index is -1.25. The zero-order valence-electron chi connectivity index (χ0n) is 18.0. The van der Waals surface area contributed by atoms with E-state index in [1.54, 1.807) is 16.7 Å². The molecule has 3 amide bonds. The number of hydrogen-bond acceptors (Lipinski definition) is 4. The topological polar surface area (TPSA) is 82.1 Å². The van der Waals surface area contributed by atoms with Crippen LogP contribution in [0.3, 0.4) is 0 Å². The summed E-state index contributed by atoms with van der Waals surface area (Å²) in [7, 11) is 0. The molecule has 0 aromatic heterocycles. The number of nitrogens with one attached hydrogen (secondary N) is 1. The van der Waals surface area contributed by atoms with Gasteiger partial charge in [0, 0.05) is 25.2 Å². The van der Waals surface area contributed by atoms with E-state index in [9.17, 15) is 19.1 Å². The van der Waals surface area contributed by atoms with Gasteiger partial charge in [0.1, 0.15) is 5.82 Å². The van der Waals surface area contributed by atoms with Crippen molar-refractivity contribution in [3.05, 3.63) is 71.5 Å². The predicted molar refractivity (Wildman–Crippen MR) is 117 cm³/mol. The van der Waals surface area contributed by atoms with Gasteiger partial charge in [0.05, 0.1) is 30.9 Å². The van der Waals surface area contributed by atoms with Gasteiger partial charge in [0.2, 0.25) is 0 Å². The number of piperidine rings is 1. The third-order valence-electron chi connectivity index (χ3n) is 6.24. The number of halogens is 1. The van der Waals surface area contributed by atoms with Crippen LogP contribution in [0.5, 0.6) is 0 Å². The molecule has 32 heavy (non-hydrogen) atoms. The Hall–Kier alpha value is -2.97. The molecular weight excluding hydrogens is 413 g/mol. The van der Waals surface area contributed by atoms with E-state index in [2.05, 4.69) is 5.32 Å². The van der Waals surface area contributed by atoms with Crippen molar-refractivity contribution in [2.24, 2.45) is 0 Å². The molecule has 0 aliphatic carbocycles. The second kappa shape index (κ2) is 9.26. The highest BCUT2D eigenvalue weighted by molar-refractivity contribution is 5.94. The number of rotatable bonds is 3. The number of hydrogen-bond donors (Lipinski definition) is 2. The molecule has 2 aromatic rings. The molecule has 0 radical (unpaired) electrons. The molecule has 8 heteroatoms. The van der Waals surface area contributed by atoms with Crippen LogP contribution in [0.2, 0.25) is 0 Å². The molecule has 2 heterocycles. The molecule has 2 aliphatic rings. The maximum Gasteiger partial charge on any atom is 0.320 e. The maximum absolute atomic E-state index is 13.4. The zero-order valence-corrected chi connectivity index (χ0v) is 18.0. The van der Waals surface area contributed by atoms with E-state index in [1.807, 2.05) is 30.3 Å². The molecule has 0 saturated carbocycles. The third kappa shape index (κ3) is 4.61. The summed E-state index contributed by atoms with van der Waals surface area (Å²) in [5.74, 6) is -0.868. The quantitative estimate of drug-likeness (QED) is 0.767. The molecule has 2 fully saturated rings. The van der Waals surface area contributed by atoms with Gasteiger partial charge >= 0.3 is 6.03 Å². The Morgan fingerprint density at radius 2 is 1.72 bits per heavy atom.